The van der Waals surface area contributed by atoms with E-state index in [2.05, 4.69) is 106 Å². The highest BCUT2D eigenvalue weighted by molar-refractivity contribution is 14.1. The highest BCUT2D eigenvalue weighted by Crippen LogP contribution is 2.41. The first-order valence-corrected chi connectivity index (χ1v) is 16.4. The molecule has 1 aliphatic carbocycles. The van der Waals surface area contributed by atoms with Crippen LogP contribution in [-0.4, -0.2) is 4.57 Å². The molecular formula is C34H24I2N2O2S. The van der Waals surface area contributed by atoms with Gasteiger partial charge in [-0.1, -0.05) is 96.3 Å². The second kappa shape index (κ2) is 11.3. The van der Waals surface area contributed by atoms with Crippen LogP contribution >= 0.6 is 56.5 Å². The number of allylic oxidation sites excluding steroid dienone is 1. The Labute approximate surface area is 269 Å². The summed E-state index contributed by atoms with van der Waals surface area (Å²) in [4.78, 5) is 20.1. The first kappa shape index (κ1) is 26.9. The lowest BCUT2D eigenvalue weighted by Crippen LogP contribution is -2.38. The molecule has 0 unspecified atom stereocenters. The lowest BCUT2D eigenvalue weighted by molar-refractivity contribution is 0.303. The van der Waals surface area contributed by atoms with Gasteiger partial charge in [0.1, 0.15) is 12.4 Å². The van der Waals surface area contributed by atoms with Gasteiger partial charge in [-0.3, -0.25) is 9.36 Å². The van der Waals surface area contributed by atoms with Crippen molar-refractivity contribution >= 4 is 68.3 Å². The molecule has 0 bridgehead atoms. The van der Waals surface area contributed by atoms with Crippen molar-refractivity contribution in [2.75, 3.05) is 0 Å². The van der Waals surface area contributed by atoms with E-state index in [1.807, 2.05) is 47.0 Å². The number of fused-ring (bicyclic) bond motifs is 3. The summed E-state index contributed by atoms with van der Waals surface area (Å²) in [6.45, 7) is 0.458. The van der Waals surface area contributed by atoms with Crippen LogP contribution in [0.25, 0.3) is 11.8 Å². The predicted molar refractivity (Wildman–Crippen MR) is 182 cm³/mol. The number of thiazole rings is 1. The van der Waals surface area contributed by atoms with Crippen LogP contribution in [0.1, 0.15) is 40.3 Å². The minimum absolute atomic E-state index is 0.0177. The van der Waals surface area contributed by atoms with E-state index in [-0.39, 0.29) is 11.6 Å². The fourth-order valence-electron chi connectivity index (χ4n) is 5.67. The third kappa shape index (κ3) is 5.12. The maximum Gasteiger partial charge on any atom is 0.271 e. The SMILES string of the molecule is O=c1/c(=C\c2cc(I)cc(I)c2OCc2ccccc2)sc2n1[C@@H](c1ccccc1)C1=C(N=2)c2ccccc2CC1. The molecule has 2 heterocycles. The van der Waals surface area contributed by atoms with Crippen LogP contribution in [0.15, 0.2) is 112 Å². The lowest BCUT2D eigenvalue weighted by atomic mass is 9.83. The number of ether oxygens (including phenoxy) is 1. The van der Waals surface area contributed by atoms with Crippen molar-refractivity contribution in [2.45, 2.75) is 25.5 Å². The molecule has 2 aliphatic rings. The molecule has 202 valence electrons. The molecule has 7 heteroatoms. The first-order chi connectivity index (χ1) is 20.1. The van der Waals surface area contributed by atoms with E-state index in [0.29, 0.717) is 11.1 Å². The van der Waals surface area contributed by atoms with Gasteiger partial charge in [-0.15, -0.1) is 0 Å². The Bertz CT molecular complexity index is 2000. The Balaban J connectivity index is 1.40. The molecule has 1 aromatic heterocycles. The molecule has 0 N–H and O–H groups in total. The van der Waals surface area contributed by atoms with Crippen molar-refractivity contribution in [1.29, 1.82) is 0 Å². The molecule has 0 saturated heterocycles. The van der Waals surface area contributed by atoms with Gasteiger partial charge in [-0.25, -0.2) is 4.99 Å². The van der Waals surface area contributed by atoms with Crippen molar-refractivity contribution in [3.8, 4) is 5.75 Å². The third-order valence-electron chi connectivity index (χ3n) is 7.54. The first-order valence-electron chi connectivity index (χ1n) is 13.4. The molecule has 7 rings (SSSR count). The Morgan fingerprint density at radius 2 is 1.66 bits per heavy atom. The van der Waals surface area contributed by atoms with E-state index >= 15 is 0 Å². The third-order valence-corrected chi connectivity index (χ3v) is 9.95. The summed E-state index contributed by atoms with van der Waals surface area (Å²) in [6, 6.07) is 33.0. The Morgan fingerprint density at radius 3 is 2.46 bits per heavy atom. The number of hydrogen-bond donors (Lipinski definition) is 0. The second-order valence-electron chi connectivity index (χ2n) is 10.1. The molecule has 1 atom stereocenters. The number of rotatable bonds is 5. The van der Waals surface area contributed by atoms with Gasteiger partial charge in [-0.2, -0.15) is 0 Å². The van der Waals surface area contributed by atoms with Gasteiger partial charge in [0.25, 0.3) is 5.56 Å². The van der Waals surface area contributed by atoms with Gasteiger partial charge in [0.2, 0.25) is 0 Å². The van der Waals surface area contributed by atoms with Crippen LogP contribution in [0.2, 0.25) is 0 Å². The molecule has 0 radical (unpaired) electrons. The standard InChI is InChI=1S/C34H24I2N2O2S/c35-25-17-24(32(28(36)19-25)40-20-21-9-3-1-4-10-21)18-29-33(39)38-31(23-12-5-2-6-13-23)27-16-15-22-11-7-8-14-26(22)30(27)37-34(38)41-29/h1-14,17-19,31H,15-16,20H2/b29-18+/t31-/m0/s1. The van der Waals surface area contributed by atoms with Crippen LogP contribution in [0.4, 0.5) is 0 Å². The maximum absolute atomic E-state index is 14.2. The van der Waals surface area contributed by atoms with Gasteiger partial charge in [0.05, 0.1) is 19.8 Å². The minimum Gasteiger partial charge on any atom is -0.487 e. The average molecular weight is 778 g/mol. The smallest absolute Gasteiger partial charge is 0.271 e. The number of aryl methyl sites for hydroxylation is 1. The lowest BCUT2D eigenvalue weighted by Gasteiger charge is -2.30. The van der Waals surface area contributed by atoms with E-state index < -0.39 is 0 Å². The summed E-state index contributed by atoms with van der Waals surface area (Å²) < 4.78 is 11.0. The van der Waals surface area contributed by atoms with Crippen LogP contribution in [0.5, 0.6) is 5.75 Å². The average Bonchev–Trinajstić information content (AvgIpc) is 3.30. The van der Waals surface area contributed by atoms with Crippen molar-refractivity contribution in [2.24, 2.45) is 4.99 Å². The van der Waals surface area contributed by atoms with Crippen LogP contribution < -0.4 is 19.6 Å². The quantitative estimate of drug-likeness (QED) is 0.179. The van der Waals surface area contributed by atoms with E-state index in [4.69, 9.17) is 9.73 Å². The molecule has 0 amide bonds. The largest absolute Gasteiger partial charge is 0.487 e. The summed E-state index contributed by atoms with van der Waals surface area (Å²) in [5.74, 6) is 0.786. The fourth-order valence-corrected chi connectivity index (χ4v) is 8.71. The van der Waals surface area contributed by atoms with Crippen LogP contribution in [0, 0.1) is 7.14 Å². The molecule has 4 aromatic carbocycles. The van der Waals surface area contributed by atoms with Crippen molar-refractivity contribution in [1.82, 2.24) is 4.57 Å². The number of hydrogen-bond acceptors (Lipinski definition) is 4. The Kier molecular flexibility index (Phi) is 7.43. The summed E-state index contributed by atoms with van der Waals surface area (Å²) in [5.41, 5.74) is 7.81. The number of aromatic nitrogens is 1. The molecule has 41 heavy (non-hydrogen) atoms. The zero-order chi connectivity index (χ0) is 27.9. The fraction of sp³-hybridized carbons (Fsp3) is 0.118. The molecule has 0 saturated carbocycles. The number of nitrogens with zero attached hydrogens (tertiary/aromatic N) is 2. The zero-order valence-electron chi connectivity index (χ0n) is 21.9. The Hall–Kier alpha value is -3.02. The molecule has 0 spiro atoms. The minimum atomic E-state index is -0.178. The van der Waals surface area contributed by atoms with Gasteiger partial charge >= 0.3 is 0 Å². The zero-order valence-corrected chi connectivity index (χ0v) is 27.0. The maximum atomic E-state index is 14.2. The van der Waals surface area contributed by atoms with Gasteiger partial charge in [0, 0.05) is 14.7 Å². The number of benzene rings is 4. The molecule has 5 aromatic rings. The molecule has 4 nitrogen and oxygen atoms in total. The summed E-state index contributed by atoms with van der Waals surface area (Å²) >= 11 is 6.10. The van der Waals surface area contributed by atoms with E-state index in [1.54, 1.807) is 0 Å². The van der Waals surface area contributed by atoms with E-state index in [0.717, 1.165) is 52.9 Å². The van der Waals surface area contributed by atoms with Crippen molar-refractivity contribution < 1.29 is 4.74 Å². The summed E-state index contributed by atoms with van der Waals surface area (Å²) in [7, 11) is 0. The highest BCUT2D eigenvalue weighted by atomic mass is 127. The molecular weight excluding hydrogens is 754 g/mol. The second-order valence-corrected chi connectivity index (χ2v) is 13.5. The van der Waals surface area contributed by atoms with Gasteiger partial charge < -0.3 is 4.74 Å². The normalized spacial score (nSPS) is 16.0. The van der Waals surface area contributed by atoms with Gasteiger partial charge in [-0.05, 0) is 98.5 Å². The molecule has 0 fully saturated rings. The van der Waals surface area contributed by atoms with Crippen molar-refractivity contribution in [3.05, 3.63) is 157 Å². The summed E-state index contributed by atoms with van der Waals surface area (Å²) in [6.07, 6.45) is 3.81. The molecule has 1 aliphatic heterocycles. The predicted octanol–water partition coefficient (Wildman–Crippen LogP) is 7.11. The highest BCUT2D eigenvalue weighted by Gasteiger charge is 2.32. The van der Waals surface area contributed by atoms with Gasteiger partial charge in [0.15, 0.2) is 4.80 Å². The van der Waals surface area contributed by atoms with E-state index in [1.165, 1.54) is 28.0 Å². The Morgan fingerprint density at radius 1 is 0.927 bits per heavy atom. The van der Waals surface area contributed by atoms with Crippen LogP contribution in [0.3, 0.4) is 0 Å². The number of halogens is 2. The topological polar surface area (TPSA) is 43.6 Å². The van der Waals surface area contributed by atoms with Crippen LogP contribution in [-0.2, 0) is 13.0 Å². The van der Waals surface area contributed by atoms with Crippen molar-refractivity contribution in [3.63, 3.8) is 0 Å². The summed E-state index contributed by atoms with van der Waals surface area (Å²) in [5, 5.41) is 0. The van der Waals surface area contributed by atoms with E-state index in [9.17, 15) is 4.79 Å². The monoisotopic (exact) mass is 778 g/mol.